The first kappa shape index (κ1) is 67.6. The van der Waals surface area contributed by atoms with Crippen LogP contribution in [0.1, 0.15) is 335 Å². The minimum Gasteiger partial charge on any atom is -0.462 e. The summed E-state index contributed by atoms with van der Waals surface area (Å²) in [6.45, 7) is 6.66. The van der Waals surface area contributed by atoms with Gasteiger partial charge in [-0.2, -0.15) is 0 Å². The number of carbonyl (C=O) groups is 3. The van der Waals surface area contributed by atoms with Gasteiger partial charge in [-0.25, -0.2) is 0 Å². The van der Waals surface area contributed by atoms with Gasteiger partial charge in [0, 0.05) is 19.3 Å². The maximum absolute atomic E-state index is 12.9. The third-order valence-electron chi connectivity index (χ3n) is 13.9. The molecule has 6 heteroatoms. The van der Waals surface area contributed by atoms with Crippen LogP contribution in [0.2, 0.25) is 0 Å². The van der Waals surface area contributed by atoms with Gasteiger partial charge in [-0.1, -0.05) is 295 Å². The van der Waals surface area contributed by atoms with Crippen molar-refractivity contribution in [2.45, 2.75) is 341 Å². The summed E-state index contributed by atoms with van der Waals surface area (Å²) >= 11 is 0. The summed E-state index contributed by atoms with van der Waals surface area (Å²) in [6.07, 6.45) is 71.4. The van der Waals surface area contributed by atoms with Gasteiger partial charge < -0.3 is 14.2 Å². The second kappa shape index (κ2) is 59.2. The van der Waals surface area contributed by atoms with Gasteiger partial charge in [-0.15, -0.1) is 0 Å². The molecule has 0 bridgehead atoms. The van der Waals surface area contributed by atoms with Gasteiger partial charge in [-0.05, 0) is 57.8 Å². The van der Waals surface area contributed by atoms with E-state index in [1.54, 1.807) is 0 Å². The molecule has 0 aromatic carbocycles. The predicted octanol–water partition coefficient (Wildman–Crippen LogP) is 20.8. The fraction of sp³-hybridized carbons (Fsp3) is 0.859. The van der Waals surface area contributed by atoms with E-state index < -0.39 is 6.10 Å². The van der Waals surface area contributed by atoms with Crippen molar-refractivity contribution in [3.63, 3.8) is 0 Å². The lowest BCUT2D eigenvalue weighted by Crippen LogP contribution is -2.30. The van der Waals surface area contributed by atoms with Crippen LogP contribution in [0.15, 0.2) is 36.5 Å². The Labute approximate surface area is 435 Å². The van der Waals surface area contributed by atoms with Crippen LogP contribution >= 0.6 is 0 Å². The molecule has 0 aliphatic rings. The third kappa shape index (κ3) is 56.5. The lowest BCUT2D eigenvalue weighted by atomic mass is 10.0. The van der Waals surface area contributed by atoms with Gasteiger partial charge in [0.15, 0.2) is 6.10 Å². The van der Waals surface area contributed by atoms with Crippen molar-refractivity contribution in [2.24, 2.45) is 0 Å². The molecule has 0 radical (unpaired) electrons. The largest absolute Gasteiger partial charge is 0.462 e. The van der Waals surface area contributed by atoms with Crippen molar-refractivity contribution in [1.82, 2.24) is 0 Å². The normalized spacial score (nSPS) is 12.2. The molecular formula is C64H118O6. The average Bonchev–Trinajstić information content (AvgIpc) is 3.36. The van der Waals surface area contributed by atoms with E-state index in [1.807, 2.05) is 0 Å². The molecule has 0 aromatic heterocycles. The zero-order chi connectivity index (χ0) is 50.7. The Morgan fingerprint density at radius 1 is 0.286 bits per heavy atom. The Balaban J connectivity index is 4.34. The van der Waals surface area contributed by atoms with Crippen LogP contribution in [-0.2, 0) is 28.6 Å². The van der Waals surface area contributed by atoms with E-state index in [9.17, 15) is 14.4 Å². The van der Waals surface area contributed by atoms with Crippen molar-refractivity contribution < 1.29 is 28.6 Å². The van der Waals surface area contributed by atoms with E-state index in [-0.39, 0.29) is 31.1 Å². The Bertz CT molecular complexity index is 1170. The zero-order valence-corrected chi connectivity index (χ0v) is 47.1. The van der Waals surface area contributed by atoms with Gasteiger partial charge >= 0.3 is 17.9 Å². The fourth-order valence-corrected chi connectivity index (χ4v) is 9.22. The molecule has 0 amide bonds. The number of rotatable bonds is 57. The summed E-state index contributed by atoms with van der Waals surface area (Å²) < 4.78 is 16.9. The topological polar surface area (TPSA) is 78.9 Å². The lowest BCUT2D eigenvalue weighted by Gasteiger charge is -2.18. The van der Waals surface area contributed by atoms with Crippen LogP contribution in [-0.4, -0.2) is 37.2 Å². The van der Waals surface area contributed by atoms with Gasteiger partial charge in [0.2, 0.25) is 0 Å². The average molecular weight is 984 g/mol. The fourth-order valence-electron chi connectivity index (χ4n) is 9.22. The van der Waals surface area contributed by atoms with E-state index >= 15 is 0 Å². The van der Waals surface area contributed by atoms with Crippen LogP contribution in [0.4, 0.5) is 0 Å². The quantitative estimate of drug-likeness (QED) is 0.0261. The number of hydrogen-bond acceptors (Lipinski definition) is 6. The van der Waals surface area contributed by atoms with Crippen molar-refractivity contribution in [3.05, 3.63) is 36.5 Å². The minimum atomic E-state index is -0.774. The number of allylic oxidation sites excluding steroid dienone is 6. The highest BCUT2D eigenvalue weighted by molar-refractivity contribution is 5.71. The van der Waals surface area contributed by atoms with Crippen molar-refractivity contribution in [2.75, 3.05) is 13.2 Å². The highest BCUT2D eigenvalue weighted by atomic mass is 16.6. The molecule has 0 unspecified atom stereocenters. The first-order valence-electron chi connectivity index (χ1n) is 31.0. The molecule has 70 heavy (non-hydrogen) atoms. The standard InChI is InChI=1S/C64H118O6/c1-4-7-10-13-16-19-22-25-28-30-32-34-36-39-42-45-48-51-54-57-63(66)69-60-61(59-68-62(65)56-53-50-47-44-41-38-27-24-21-18-15-12-9-6-3)70-64(67)58-55-52-49-46-43-40-37-35-33-31-29-26-23-20-17-14-11-8-5-2/h16,19,25,28,32,34,61H,4-15,17-18,20-24,26-27,29-31,33,35-60H2,1-3H3/b19-16-,28-25-,34-32-/t61-/m1/s1. The second-order valence-electron chi connectivity index (χ2n) is 21.0. The zero-order valence-electron chi connectivity index (χ0n) is 47.1. The number of esters is 3. The second-order valence-corrected chi connectivity index (χ2v) is 21.0. The highest BCUT2D eigenvalue weighted by Crippen LogP contribution is 2.17. The summed E-state index contributed by atoms with van der Waals surface area (Å²) in [4.78, 5) is 38.3. The molecule has 0 saturated carbocycles. The van der Waals surface area contributed by atoms with E-state index in [0.717, 1.165) is 77.0 Å². The first-order valence-corrected chi connectivity index (χ1v) is 31.0. The predicted molar refractivity (Wildman–Crippen MR) is 302 cm³/mol. The molecule has 0 N–H and O–H groups in total. The van der Waals surface area contributed by atoms with Crippen LogP contribution in [0, 0.1) is 0 Å². The van der Waals surface area contributed by atoms with E-state index in [1.165, 1.54) is 218 Å². The molecule has 0 aliphatic heterocycles. The number of unbranched alkanes of at least 4 members (excludes halogenated alkanes) is 40. The molecule has 0 rings (SSSR count). The molecule has 6 nitrogen and oxygen atoms in total. The van der Waals surface area contributed by atoms with E-state index in [4.69, 9.17) is 14.2 Å². The Morgan fingerprint density at radius 2 is 0.514 bits per heavy atom. The van der Waals surface area contributed by atoms with Gasteiger partial charge in [0.25, 0.3) is 0 Å². The first-order chi connectivity index (χ1) is 34.5. The maximum atomic E-state index is 12.9. The molecular weight excluding hydrogens is 865 g/mol. The van der Waals surface area contributed by atoms with Gasteiger partial charge in [0.05, 0.1) is 0 Å². The van der Waals surface area contributed by atoms with Crippen LogP contribution in [0.5, 0.6) is 0 Å². The van der Waals surface area contributed by atoms with E-state index in [2.05, 4.69) is 57.2 Å². The summed E-state index contributed by atoms with van der Waals surface area (Å²) in [5.74, 6) is -0.860. The summed E-state index contributed by atoms with van der Waals surface area (Å²) in [5.41, 5.74) is 0. The number of ether oxygens (including phenoxy) is 3. The smallest absolute Gasteiger partial charge is 0.306 e. The van der Waals surface area contributed by atoms with Gasteiger partial charge in [-0.3, -0.25) is 14.4 Å². The molecule has 0 aromatic rings. The number of hydrogen-bond donors (Lipinski definition) is 0. The monoisotopic (exact) mass is 983 g/mol. The van der Waals surface area contributed by atoms with Gasteiger partial charge in [0.1, 0.15) is 13.2 Å². The van der Waals surface area contributed by atoms with Crippen molar-refractivity contribution in [3.8, 4) is 0 Å². The summed E-state index contributed by atoms with van der Waals surface area (Å²) in [6, 6.07) is 0. The third-order valence-corrected chi connectivity index (χ3v) is 13.9. The molecule has 0 saturated heterocycles. The number of carbonyl (C=O) groups excluding carboxylic acids is 3. The lowest BCUT2D eigenvalue weighted by molar-refractivity contribution is -0.167. The van der Waals surface area contributed by atoms with Crippen molar-refractivity contribution in [1.29, 1.82) is 0 Å². The Hall–Kier alpha value is -2.37. The molecule has 0 heterocycles. The molecule has 1 atom stereocenters. The minimum absolute atomic E-state index is 0.0710. The molecule has 410 valence electrons. The van der Waals surface area contributed by atoms with Crippen LogP contribution in [0.3, 0.4) is 0 Å². The Kier molecular flexibility index (Phi) is 57.2. The Morgan fingerprint density at radius 3 is 0.829 bits per heavy atom. The van der Waals surface area contributed by atoms with Crippen LogP contribution < -0.4 is 0 Å². The molecule has 0 fully saturated rings. The maximum Gasteiger partial charge on any atom is 0.306 e. The van der Waals surface area contributed by atoms with Crippen LogP contribution in [0.25, 0.3) is 0 Å². The molecule has 0 spiro atoms. The van der Waals surface area contributed by atoms with E-state index in [0.29, 0.717) is 19.3 Å². The van der Waals surface area contributed by atoms with Crippen molar-refractivity contribution >= 4 is 17.9 Å². The highest BCUT2D eigenvalue weighted by Gasteiger charge is 2.19. The summed E-state index contributed by atoms with van der Waals surface area (Å²) in [5, 5.41) is 0. The SMILES string of the molecule is CCCCC/C=C\C/C=C\C/C=C\CCCCCCCCC(=O)OC[C@@H](COC(=O)CCCCCCCCCCCCCCCC)OC(=O)CCCCCCCCCCCCCCCCCCCCC. The summed E-state index contributed by atoms with van der Waals surface area (Å²) in [7, 11) is 0. The molecule has 0 aliphatic carbocycles.